The summed E-state index contributed by atoms with van der Waals surface area (Å²) in [5.74, 6) is 0.377. The summed E-state index contributed by atoms with van der Waals surface area (Å²) in [5.41, 5.74) is 4.73. The van der Waals surface area contributed by atoms with Crippen LogP contribution in [0, 0.1) is 5.92 Å². The van der Waals surface area contributed by atoms with Crippen LogP contribution < -0.4 is 0 Å². The standard InChI is InChI=1S/C39H43N5O4/c1-41(21-23-47-2)38(45)37-28-42(27-36(37)35-16-8-14-32-13-6-7-15-34(32)35)26-33-24-40-29-44(33)25-31-17-19-43(20-18-31)39(46)48-22-9-12-30-10-4-3-5-11-30/h3-16,24,27-29,31H,17-23,25-26H2,1-2H3/b12-9+. The molecule has 1 fully saturated rings. The Bertz CT molecular complexity index is 1850. The summed E-state index contributed by atoms with van der Waals surface area (Å²) in [7, 11) is 3.46. The SMILES string of the molecule is COCCN(C)C(=O)c1cn(Cc2cncn2CC2CCN(C(=O)OC/C=C/c3ccccc3)CC2)cc1-c1cccc2ccccc12. The number of piperidine rings is 1. The molecule has 1 aliphatic heterocycles. The first kappa shape index (κ1) is 32.8. The Labute approximate surface area is 282 Å². The smallest absolute Gasteiger partial charge is 0.410 e. The molecule has 0 radical (unpaired) electrons. The van der Waals surface area contributed by atoms with E-state index in [1.54, 1.807) is 16.9 Å². The number of nitrogens with zero attached hydrogens (tertiary/aromatic N) is 5. The molecule has 5 aromatic rings. The number of carbonyl (C=O) groups is 2. The number of fused-ring (bicyclic) bond motifs is 1. The Kier molecular flexibility index (Phi) is 10.7. The van der Waals surface area contributed by atoms with E-state index in [-0.39, 0.29) is 18.6 Å². The lowest BCUT2D eigenvalue weighted by Gasteiger charge is -2.31. The van der Waals surface area contributed by atoms with Gasteiger partial charge in [-0.1, -0.05) is 78.9 Å². The number of imidazole rings is 1. The maximum Gasteiger partial charge on any atom is 0.410 e. The van der Waals surface area contributed by atoms with Gasteiger partial charge in [-0.2, -0.15) is 0 Å². The van der Waals surface area contributed by atoms with Gasteiger partial charge in [0.2, 0.25) is 0 Å². The van der Waals surface area contributed by atoms with Crippen LogP contribution in [0.1, 0.15) is 34.5 Å². The zero-order valence-electron chi connectivity index (χ0n) is 27.7. The van der Waals surface area contributed by atoms with Crippen LogP contribution in [0.15, 0.2) is 104 Å². The number of rotatable bonds is 12. The van der Waals surface area contributed by atoms with Gasteiger partial charge in [-0.05, 0) is 46.7 Å². The van der Waals surface area contributed by atoms with Gasteiger partial charge >= 0.3 is 6.09 Å². The Morgan fingerprint density at radius 1 is 0.958 bits per heavy atom. The Hall–Kier alpha value is -5.15. The number of benzene rings is 3. The van der Waals surface area contributed by atoms with Crippen LogP contribution in [0.25, 0.3) is 28.0 Å². The minimum atomic E-state index is -0.262. The van der Waals surface area contributed by atoms with Gasteiger partial charge in [0, 0.05) is 64.5 Å². The number of ether oxygens (including phenoxy) is 2. The number of hydrogen-bond donors (Lipinski definition) is 0. The molecule has 248 valence electrons. The van der Waals surface area contributed by atoms with Crippen molar-refractivity contribution in [3.8, 4) is 11.1 Å². The fourth-order valence-electron chi connectivity index (χ4n) is 6.35. The molecular formula is C39H43N5O4. The number of carbonyl (C=O) groups excluding carboxylic acids is 2. The van der Waals surface area contributed by atoms with Crippen molar-refractivity contribution >= 4 is 28.8 Å². The summed E-state index contributed by atoms with van der Waals surface area (Å²) in [4.78, 5) is 34.4. The van der Waals surface area contributed by atoms with Crippen LogP contribution in [0.4, 0.5) is 4.79 Å². The highest BCUT2D eigenvalue weighted by molar-refractivity contribution is 6.06. The van der Waals surface area contributed by atoms with Crippen LogP contribution in [-0.2, 0) is 22.6 Å². The van der Waals surface area contributed by atoms with Gasteiger partial charge < -0.3 is 28.4 Å². The summed E-state index contributed by atoms with van der Waals surface area (Å²) >= 11 is 0. The van der Waals surface area contributed by atoms with Crippen LogP contribution in [0.3, 0.4) is 0 Å². The second-order valence-electron chi connectivity index (χ2n) is 12.4. The highest BCUT2D eigenvalue weighted by atomic mass is 16.6. The fraction of sp³-hybridized carbons (Fsp3) is 0.308. The molecule has 3 heterocycles. The largest absolute Gasteiger partial charge is 0.445 e. The first-order valence-corrected chi connectivity index (χ1v) is 16.5. The van der Waals surface area contributed by atoms with Gasteiger partial charge in [-0.15, -0.1) is 0 Å². The normalized spacial score (nSPS) is 13.8. The summed E-state index contributed by atoms with van der Waals surface area (Å²) < 4.78 is 15.0. The molecule has 0 saturated carbocycles. The van der Waals surface area contributed by atoms with E-state index in [2.05, 4.69) is 44.6 Å². The molecule has 1 saturated heterocycles. The monoisotopic (exact) mass is 645 g/mol. The summed E-state index contributed by atoms with van der Waals surface area (Å²) in [6, 6.07) is 24.5. The highest BCUT2D eigenvalue weighted by Gasteiger charge is 2.25. The molecule has 0 bridgehead atoms. The van der Waals surface area contributed by atoms with E-state index in [4.69, 9.17) is 9.47 Å². The average Bonchev–Trinajstić information content (AvgIpc) is 3.75. The first-order chi connectivity index (χ1) is 23.5. The molecule has 1 aliphatic rings. The first-order valence-electron chi connectivity index (χ1n) is 16.5. The molecule has 9 nitrogen and oxygen atoms in total. The Balaban J connectivity index is 1.11. The van der Waals surface area contributed by atoms with Gasteiger partial charge in [-0.3, -0.25) is 4.79 Å². The van der Waals surface area contributed by atoms with Crippen molar-refractivity contribution in [2.75, 3.05) is 47.0 Å². The lowest BCUT2D eigenvalue weighted by atomic mass is 9.97. The molecule has 2 aromatic heterocycles. The number of aromatic nitrogens is 3. The molecule has 6 rings (SSSR count). The summed E-state index contributed by atoms with van der Waals surface area (Å²) in [6.45, 7) is 3.97. The van der Waals surface area contributed by atoms with Gasteiger partial charge in [0.15, 0.2) is 0 Å². The van der Waals surface area contributed by atoms with Crippen LogP contribution in [0.2, 0.25) is 0 Å². The minimum Gasteiger partial charge on any atom is -0.445 e. The third-order valence-electron chi connectivity index (χ3n) is 9.05. The zero-order chi connectivity index (χ0) is 33.3. The number of hydrogen-bond acceptors (Lipinski definition) is 5. The van der Waals surface area contributed by atoms with E-state index in [0.717, 1.165) is 52.5 Å². The second kappa shape index (κ2) is 15.6. The lowest BCUT2D eigenvalue weighted by Crippen LogP contribution is -2.39. The molecule has 0 spiro atoms. The molecular weight excluding hydrogens is 602 g/mol. The Morgan fingerprint density at radius 3 is 2.54 bits per heavy atom. The van der Waals surface area contributed by atoms with Crippen molar-refractivity contribution in [1.29, 1.82) is 0 Å². The van der Waals surface area contributed by atoms with Gasteiger partial charge in [-0.25, -0.2) is 9.78 Å². The molecule has 0 aliphatic carbocycles. The quantitative estimate of drug-likeness (QED) is 0.149. The highest BCUT2D eigenvalue weighted by Crippen LogP contribution is 2.33. The number of amides is 2. The second-order valence-corrected chi connectivity index (χ2v) is 12.4. The van der Waals surface area contributed by atoms with Gasteiger partial charge in [0.25, 0.3) is 5.91 Å². The molecule has 0 N–H and O–H groups in total. The van der Waals surface area contributed by atoms with E-state index >= 15 is 0 Å². The average molecular weight is 646 g/mol. The van der Waals surface area contributed by atoms with Crippen LogP contribution >= 0.6 is 0 Å². The lowest BCUT2D eigenvalue weighted by molar-refractivity contribution is 0.0744. The summed E-state index contributed by atoms with van der Waals surface area (Å²) in [6.07, 6.45) is 13.2. The van der Waals surface area contributed by atoms with Crippen molar-refractivity contribution in [1.82, 2.24) is 23.9 Å². The van der Waals surface area contributed by atoms with E-state index in [1.165, 1.54) is 0 Å². The number of likely N-dealkylation sites (N-methyl/N-ethyl adjacent to an activating group) is 1. The molecule has 0 atom stereocenters. The van der Waals surface area contributed by atoms with Gasteiger partial charge in [0.05, 0.1) is 30.7 Å². The van der Waals surface area contributed by atoms with E-state index in [9.17, 15) is 9.59 Å². The van der Waals surface area contributed by atoms with Crippen molar-refractivity contribution in [3.63, 3.8) is 0 Å². The van der Waals surface area contributed by atoms with E-state index in [1.807, 2.05) is 86.5 Å². The topological polar surface area (TPSA) is 81.8 Å². The van der Waals surface area contributed by atoms with Crippen molar-refractivity contribution in [3.05, 3.63) is 121 Å². The molecule has 48 heavy (non-hydrogen) atoms. The minimum absolute atomic E-state index is 0.0419. The zero-order valence-corrected chi connectivity index (χ0v) is 27.7. The molecule has 0 unspecified atom stereocenters. The predicted octanol–water partition coefficient (Wildman–Crippen LogP) is 6.83. The molecule has 3 aromatic carbocycles. The summed E-state index contributed by atoms with van der Waals surface area (Å²) in [5, 5.41) is 2.24. The van der Waals surface area contributed by atoms with Crippen molar-refractivity contribution < 1.29 is 19.1 Å². The van der Waals surface area contributed by atoms with Crippen LogP contribution in [0.5, 0.6) is 0 Å². The Morgan fingerprint density at radius 2 is 1.73 bits per heavy atom. The predicted molar refractivity (Wildman–Crippen MR) is 189 cm³/mol. The molecule has 2 amide bonds. The molecule has 9 heteroatoms. The number of likely N-dealkylation sites (tertiary alicyclic amines) is 1. The maximum atomic E-state index is 13.7. The van der Waals surface area contributed by atoms with Gasteiger partial charge in [0.1, 0.15) is 6.61 Å². The third kappa shape index (κ3) is 7.86. The fourth-order valence-corrected chi connectivity index (χ4v) is 6.35. The van der Waals surface area contributed by atoms with Crippen LogP contribution in [-0.4, -0.2) is 82.9 Å². The third-order valence-corrected chi connectivity index (χ3v) is 9.05. The maximum absolute atomic E-state index is 13.7. The van der Waals surface area contributed by atoms with E-state index < -0.39 is 0 Å². The number of methoxy groups -OCH3 is 1. The van der Waals surface area contributed by atoms with Crippen molar-refractivity contribution in [2.45, 2.75) is 25.9 Å². The van der Waals surface area contributed by atoms with Crippen molar-refractivity contribution in [2.24, 2.45) is 5.92 Å². The van der Waals surface area contributed by atoms with E-state index in [0.29, 0.717) is 44.3 Å².